The molecule has 6 nitrogen and oxygen atoms in total. The minimum absolute atomic E-state index is 0.0620. The first kappa shape index (κ1) is 16.0. The molecule has 3 unspecified atom stereocenters. The molecule has 1 aromatic carbocycles. The number of rotatable bonds is 4. The molecule has 1 heterocycles. The molecule has 1 saturated heterocycles. The summed E-state index contributed by atoms with van der Waals surface area (Å²) in [7, 11) is 4.01. The number of carbonyl (C=O) groups excluding carboxylic acids is 1. The zero-order chi connectivity index (χ0) is 16.2. The maximum Gasteiger partial charge on any atom is 0.258 e. The normalized spacial score (nSPS) is 27.0. The van der Waals surface area contributed by atoms with Crippen LogP contribution < -0.4 is 21.2 Å². The van der Waals surface area contributed by atoms with Gasteiger partial charge in [0.2, 0.25) is 0 Å². The summed E-state index contributed by atoms with van der Waals surface area (Å²) in [4.78, 5) is 14.3. The Morgan fingerprint density at radius 2 is 1.96 bits per heavy atom. The summed E-state index contributed by atoms with van der Waals surface area (Å²) in [5, 5.41) is 4.09. The van der Waals surface area contributed by atoms with Crippen molar-refractivity contribution in [2.75, 3.05) is 19.0 Å². The zero-order valence-corrected chi connectivity index (χ0v) is 13.7. The first-order valence-electron chi connectivity index (χ1n) is 8.26. The Morgan fingerprint density at radius 1 is 1.22 bits per heavy atom. The van der Waals surface area contributed by atoms with E-state index in [2.05, 4.69) is 21.4 Å². The molecule has 1 saturated carbocycles. The molecule has 2 fully saturated rings. The quantitative estimate of drug-likeness (QED) is 0.577. The average molecular weight is 315 g/mol. The number of nitrogens with one attached hydrogen (secondary N) is 3. The fraction of sp³-hybridized carbons (Fsp3) is 0.529. The lowest BCUT2D eigenvalue weighted by Crippen LogP contribution is -2.44. The summed E-state index contributed by atoms with van der Waals surface area (Å²) in [6.07, 6.45) is 6.36. The Hall–Kier alpha value is -1.92. The van der Waals surface area contributed by atoms with Gasteiger partial charge in [0.25, 0.3) is 5.91 Å². The average Bonchev–Trinajstić information content (AvgIpc) is 2.99. The third kappa shape index (κ3) is 3.71. The summed E-state index contributed by atoms with van der Waals surface area (Å²) < 4.78 is 0. The second kappa shape index (κ2) is 7.10. The monoisotopic (exact) mass is 315 g/mol. The fourth-order valence-corrected chi connectivity index (χ4v) is 3.40. The smallest absolute Gasteiger partial charge is 0.258 e. The summed E-state index contributed by atoms with van der Waals surface area (Å²) >= 11 is 0. The summed E-state index contributed by atoms with van der Waals surface area (Å²) in [5.74, 6) is 0.311. The summed E-state index contributed by atoms with van der Waals surface area (Å²) in [6, 6.07) is 8.25. The van der Waals surface area contributed by atoms with Crippen molar-refractivity contribution in [3.8, 4) is 0 Å². The van der Waals surface area contributed by atoms with Crippen molar-refractivity contribution in [2.24, 2.45) is 11.0 Å². The molecule has 3 atom stereocenters. The zero-order valence-electron chi connectivity index (χ0n) is 13.7. The molecule has 2 aliphatic rings. The molecule has 23 heavy (non-hydrogen) atoms. The van der Waals surface area contributed by atoms with Gasteiger partial charge in [0.05, 0.1) is 6.21 Å². The van der Waals surface area contributed by atoms with Crippen LogP contribution in [-0.2, 0) is 4.79 Å². The van der Waals surface area contributed by atoms with Crippen molar-refractivity contribution in [1.29, 1.82) is 0 Å². The maximum atomic E-state index is 12.3. The Balaban J connectivity index is 1.54. The molecule has 3 rings (SSSR count). The second-order valence-electron chi connectivity index (χ2n) is 6.54. The van der Waals surface area contributed by atoms with Crippen molar-refractivity contribution in [3.63, 3.8) is 0 Å². The van der Waals surface area contributed by atoms with Gasteiger partial charge in [0, 0.05) is 31.7 Å². The van der Waals surface area contributed by atoms with Gasteiger partial charge in [0.15, 0.2) is 0 Å². The number of anilines is 1. The number of nitrogens with zero attached hydrogens (tertiary/aromatic N) is 2. The third-order valence-corrected chi connectivity index (χ3v) is 4.75. The van der Waals surface area contributed by atoms with Crippen LogP contribution in [0.5, 0.6) is 0 Å². The first-order chi connectivity index (χ1) is 11.1. The van der Waals surface area contributed by atoms with E-state index in [-0.39, 0.29) is 11.9 Å². The van der Waals surface area contributed by atoms with Crippen LogP contribution in [0.2, 0.25) is 0 Å². The van der Waals surface area contributed by atoms with Crippen LogP contribution >= 0.6 is 0 Å². The standard InChI is InChI=1S/C17H25N5O/c1-22(2)13-9-7-12(8-10-13)11-18-21-17(23)16-14-5-3-4-6-15(14)19-20-16/h7-11,14-16,19-20H,3-6H2,1-2H3,(H,21,23)/b18-11-. The topological polar surface area (TPSA) is 68.8 Å². The van der Waals surface area contributed by atoms with Crippen molar-refractivity contribution < 1.29 is 4.79 Å². The fourth-order valence-electron chi connectivity index (χ4n) is 3.40. The molecular weight excluding hydrogens is 290 g/mol. The van der Waals surface area contributed by atoms with E-state index in [1.54, 1.807) is 6.21 Å². The van der Waals surface area contributed by atoms with Crippen LogP contribution in [0, 0.1) is 5.92 Å². The minimum Gasteiger partial charge on any atom is -0.378 e. The van der Waals surface area contributed by atoms with Crippen LogP contribution in [-0.4, -0.2) is 38.3 Å². The molecular formula is C17H25N5O. The van der Waals surface area contributed by atoms with E-state index in [4.69, 9.17) is 0 Å². The lowest BCUT2D eigenvalue weighted by molar-refractivity contribution is -0.123. The highest BCUT2D eigenvalue weighted by Gasteiger charge is 2.40. The van der Waals surface area contributed by atoms with Crippen LogP contribution in [0.25, 0.3) is 0 Å². The van der Waals surface area contributed by atoms with Crippen molar-refractivity contribution in [3.05, 3.63) is 29.8 Å². The van der Waals surface area contributed by atoms with Gasteiger partial charge in [-0.1, -0.05) is 25.0 Å². The molecule has 0 bridgehead atoms. The number of amides is 1. The lowest BCUT2D eigenvalue weighted by atomic mass is 9.81. The molecule has 3 N–H and O–H groups in total. The van der Waals surface area contributed by atoms with Gasteiger partial charge < -0.3 is 4.90 Å². The number of hydrogen-bond acceptors (Lipinski definition) is 5. The molecule has 1 aliphatic carbocycles. The Morgan fingerprint density at radius 3 is 2.70 bits per heavy atom. The maximum absolute atomic E-state index is 12.3. The predicted octanol–water partition coefficient (Wildman–Crippen LogP) is 1.24. The number of hydrogen-bond donors (Lipinski definition) is 3. The molecule has 124 valence electrons. The van der Waals surface area contributed by atoms with Crippen molar-refractivity contribution in [2.45, 2.75) is 37.8 Å². The molecule has 1 aliphatic heterocycles. The highest BCUT2D eigenvalue weighted by Crippen LogP contribution is 2.30. The molecule has 6 heteroatoms. The van der Waals surface area contributed by atoms with E-state index in [9.17, 15) is 4.79 Å². The summed E-state index contributed by atoms with van der Waals surface area (Å²) in [5.41, 5.74) is 11.1. The molecule has 0 aromatic heterocycles. The molecule has 0 radical (unpaired) electrons. The number of benzene rings is 1. The van der Waals surface area contributed by atoms with Crippen LogP contribution in [0.15, 0.2) is 29.4 Å². The van der Waals surface area contributed by atoms with Gasteiger partial charge in [-0.05, 0) is 30.5 Å². The van der Waals surface area contributed by atoms with Gasteiger partial charge in [-0.2, -0.15) is 5.10 Å². The van der Waals surface area contributed by atoms with E-state index in [1.807, 2.05) is 43.3 Å². The third-order valence-electron chi connectivity index (χ3n) is 4.75. The van der Waals surface area contributed by atoms with E-state index < -0.39 is 0 Å². The molecule has 1 aromatic rings. The van der Waals surface area contributed by atoms with Gasteiger partial charge in [-0.25, -0.2) is 10.9 Å². The van der Waals surface area contributed by atoms with E-state index in [1.165, 1.54) is 12.8 Å². The van der Waals surface area contributed by atoms with Crippen LogP contribution in [0.3, 0.4) is 0 Å². The highest BCUT2D eigenvalue weighted by molar-refractivity contribution is 5.85. The largest absolute Gasteiger partial charge is 0.378 e. The molecule has 0 spiro atoms. The number of fused-ring (bicyclic) bond motifs is 1. The van der Waals surface area contributed by atoms with Gasteiger partial charge >= 0.3 is 0 Å². The Bertz CT molecular complexity index is 569. The van der Waals surface area contributed by atoms with Crippen LogP contribution in [0.1, 0.15) is 31.2 Å². The SMILES string of the molecule is CN(C)c1ccc(/C=N\NC(=O)C2NNC3CCCCC32)cc1. The highest BCUT2D eigenvalue weighted by atomic mass is 16.2. The Kier molecular flexibility index (Phi) is 4.93. The van der Waals surface area contributed by atoms with Crippen LogP contribution in [0.4, 0.5) is 5.69 Å². The number of hydrazine groups is 1. The van der Waals surface area contributed by atoms with Crippen molar-refractivity contribution in [1.82, 2.24) is 16.3 Å². The van der Waals surface area contributed by atoms with Gasteiger partial charge in [-0.3, -0.25) is 10.2 Å². The number of carbonyl (C=O) groups is 1. The first-order valence-corrected chi connectivity index (χ1v) is 8.26. The second-order valence-corrected chi connectivity index (χ2v) is 6.54. The minimum atomic E-state index is -0.187. The molecule has 1 amide bonds. The summed E-state index contributed by atoms with van der Waals surface area (Å²) in [6.45, 7) is 0. The van der Waals surface area contributed by atoms with E-state index in [0.717, 1.165) is 24.1 Å². The van der Waals surface area contributed by atoms with Gasteiger partial charge in [0.1, 0.15) is 6.04 Å². The lowest BCUT2D eigenvalue weighted by Gasteiger charge is -2.26. The van der Waals surface area contributed by atoms with Gasteiger partial charge in [-0.15, -0.1) is 0 Å². The van der Waals surface area contributed by atoms with E-state index in [0.29, 0.717) is 12.0 Å². The Labute approximate surface area is 137 Å². The van der Waals surface area contributed by atoms with E-state index >= 15 is 0 Å². The number of hydrazone groups is 1. The predicted molar refractivity (Wildman–Crippen MR) is 92.3 cm³/mol. The van der Waals surface area contributed by atoms with Crippen molar-refractivity contribution >= 4 is 17.8 Å².